The van der Waals surface area contributed by atoms with Gasteiger partial charge < -0.3 is 20.7 Å². The largest absolute Gasteiger partial charge is 0.376 e. The molecular formula is C16H21N3O2S. The van der Waals surface area contributed by atoms with Crippen molar-refractivity contribution in [2.75, 3.05) is 18.5 Å². The molecule has 0 bridgehead atoms. The first-order valence-electron chi connectivity index (χ1n) is 7.70. The molecule has 0 radical (unpaired) electrons. The van der Waals surface area contributed by atoms with Gasteiger partial charge in [0.05, 0.1) is 18.6 Å². The van der Waals surface area contributed by atoms with Gasteiger partial charge in [-0.2, -0.15) is 0 Å². The molecule has 1 amide bonds. The van der Waals surface area contributed by atoms with E-state index in [9.17, 15) is 4.79 Å². The van der Waals surface area contributed by atoms with Crippen molar-refractivity contribution in [2.45, 2.75) is 38.3 Å². The molecule has 2 aliphatic rings. The molecule has 22 heavy (non-hydrogen) atoms. The number of nitrogens with one attached hydrogen (secondary N) is 3. The molecule has 2 unspecified atom stereocenters. The standard InChI is InChI=1S/C16H21N3O2S/c1-10(18-16(22)17-9-13-3-2-6-21-13)11-4-5-14-12(7-11)8-15(20)19-14/h4-5,7,10,13H,2-3,6,8-9H2,1H3,(H,19,20)(H2,17,18,22). The third-order valence-corrected chi connectivity index (χ3v) is 4.38. The molecule has 5 nitrogen and oxygen atoms in total. The molecule has 0 saturated carbocycles. The summed E-state index contributed by atoms with van der Waals surface area (Å²) in [5, 5.41) is 9.98. The Bertz CT molecular complexity index is 585. The van der Waals surface area contributed by atoms with Crippen LogP contribution in [0.15, 0.2) is 18.2 Å². The van der Waals surface area contributed by atoms with Crippen LogP contribution in [0, 0.1) is 0 Å². The number of hydrogen-bond donors (Lipinski definition) is 3. The predicted octanol–water partition coefficient (Wildman–Crippen LogP) is 1.89. The van der Waals surface area contributed by atoms with Gasteiger partial charge in [-0.1, -0.05) is 12.1 Å². The zero-order chi connectivity index (χ0) is 15.5. The van der Waals surface area contributed by atoms with E-state index in [0.29, 0.717) is 11.5 Å². The minimum atomic E-state index is 0.0570. The number of thiocarbonyl (C=S) groups is 1. The van der Waals surface area contributed by atoms with E-state index in [2.05, 4.69) is 28.9 Å². The Morgan fingerprint density at radius 2 is 2.41 bits per heavy atom. The minimum Gasteiger partial charge on any atom is -0.376 e. The highest BCUT2D eigenvalue weighted by atomic mass is 32.1. The third-order valence-electron chi connectivity index (χ3n) is 4.12. The highest BCUT2D eigenvalue weighted by Crippen LogP contribution is 2.26. The number of carbonyl (C=O) groups excluding carboxylic acids is 1. The summed E-state index contributed by atoms with van der Waals surface area (Å²) >= 11 is 5.34. The van der Waals surface area contributed by atoms with Crippen LogP contribution < -0.4 is 16.0 Å². The summed E-state index contributed by atoms with van der Waals surface area (Å²) in [5.41, 5.74) is 3.09. The van der Waals surface area contributed by atoms with Crippen LogP contribution in [0.4, 0.5) is 5.69 Å². The van der Waals surface area contributed by atoms with Gasteiger partial charge in [0, 0.05) is 18.8 Å². The molecule has 1 aromatic rings. The molecule has 6 heteroatoms. The number of benzene rings is 1. The smallest absolute Gasteiger partial charge is 0.228 e. The summed E-state index contributed by atoms with van der Waals surface area (Å²) in [7, 11) is 0. The molecule has 1 aromatic carbocycles. The van der Waals surface area contributed by atoms with E-state index in [0.717, 1.165) is 42.8 Å². The number of ether oxygens (including phenoxy) is 1. The lowest BCUT2D eigenvalue weighted by atomic mass is 10.0. The van der Waals surface area contributed by atoms with E-state index in [-0.39, 0.29) is 18.1 Å². The maximum atomic E-state index is 11.4. The van der Waals surface area contributed by atoms with Crippen molar-refractivity contribution in [1.29, 1.82) is 0 Å². The molecule has 118 valence electrons. The number of amides is 1. The molecule has 1 fully saturated rings. The minimum absolute atomic E-state index is 0.0570. The second-order valence-electron chi connectivity index (χ2n) is 5.85. The van der Waals surface area contributed by atoms with Crippen LogP contribution in [0.25, 0.3) is 0 Å². The van der Waals surface area contributed by atoms with E-state index >= 15 is 0 Å². The lowest BCUT2D eigenvalue weighted by Crippen LogP contribution is -2.40. The van der Waals surface area contributed by atoms with Crippen LogP contribution in [0.3, 0.4) is 0 Å². The molecule has 0 aliphatic carbocycles. The van der Waals surface area contributed by atoms with Crippen molar-refractivity contribution in [3.63, 3.8) is 0 Å². The average molecular weight is 319 g/mol. The van der Waals surface area contributed by atoms with Crippen LogP contribution in [-0.2, 0) is 16.0 Å². The second kappa shape index (κ2) is 6.62. The van der Waals surface area contributed by atoms with E-state index in [1.54, 1.807) is 0 Å². The fraction of sp³-hybridized carbons (Fsp3) is 0.500. The van der Waals surface area contributed by atoms with E-state index in [1.165, 1.54) is 0 Å². The van der Waals surface area contributed by atoms with Gasteiger partial charge in [0.15, 0.2) is 5.11 Å². The Kier molecular flexibility index (Phi) is 4.59. The Morgan fingerprint density at radius 1 is 1.55 bits per heavy atom. The van der Waals surface area contributed by atoms with E-state index in [4.69, 9.17) is 17.0 Å². The summed E-state index contributed by atoms with van der Waals surface area (Å²) in [6.45, 7) is 3.66. The van der Waals surface area contributed by atoms with Crippen molar-refractivity contribution in [3.8, 4) is 0 Å². The number of anilines is 1. The number of carbonyl (C=O) groups is 1. The van der Waals surface area contributed by atoms with Crippen molar-refractivity contribution >= 4 is 28.9 Å². The van der Waals surface area contributed by atoms with Crippen LogP contribution in [0.2, 0.25) is 0 Å². The van der Waals surface area contributed by atoms with Gasteiger partial charge in [0.1, 0.15) is 0 Å². The molecule has 0 spiro atoms. The highest BCUT2D eigenvalue weighted by molar-refractivity contribution is 7.80. The molecule has 1 saturated heterocycles. The molecule has 2 aliphatic heterocycles. The zero-order valence-corrected chi connectivity index (χ0v) is 13.5. The van der Waals surface area contributed by atoms with E-state index in [1.807, 2.05) is 12.1 Å². The first kappa shape index (κ1) is 15.2. The fourth-order valence-corrected chi connectivity index (χ4v) is 3.12. The van der Waals surface area contributed by atoms with Crippen molar-refractivity contribution in [2.24, 2.45) is 0 Å². The quantitative estimate of drug-likeness (QED) is 0.740. The van der Waals surface area contributed by atoms with Crippen molar-refractivity contribution in [1.82, 2.24) is 10.6 Å². The van der Waals surface area contributed by atoms with Gasteiger partial charge in [-0.05, 0) is 49.2 Å². The molecule has 3 rings (SSSR count). The van der Waals surface area contributed by atoms with Gasteiger partial charge in [-0.25, -0.2) is 0 Å². The predicted molar refractivity (Wildman–Crippen MR) is 89.9 cm³/mol. The lowest BCUT2D eigenvalue weighted by molar-refractivity contribution is -0.115. The molecule has 3 N–H and O–H groups in total. The van der Waals surface area contributed by atoms with Crippen LogP contribution in [0.1, 0.15) is 36.9 Å². The average Bonchev–Trinajstić information content (AvgIpc) is 3.12. The number of hydrogen-bond acceptors (Lipinski definition) is 3. The first-order chi connectivity index (χ1) is 10.6. The normalized spacial score (nSPS) is 21.1. The zero-order valence-electron chi connectivity index (χ0n) is 12.6. The SMILES string of the molecule is CC(NC(=S)NCC1CCCO1)c1ccc2c(c1)CC(=O)N2. The number of fused-ring (bicyclic) bond motifs is 1. The Morgan fingerprint density at radius 3 is 3.18 bits per heavy atom. The van der Waals surface area contributed by atoms with Crippen LogP contribution in [0.5, 0.6) is 0 Å². The summed E-state index contributed by atoms with van der Waals surface area (Å²) in [5.74, 6) is 0.0570. The summed E-state index contributed by atoms with van der Waals surface area (Å²) in [6, 6.07) is 6.13. The monoisotopic (exact) mass is 319 g/mol. The molecule has 2 atom stereocenters. The summed E-state index contributed by atoms with van der Waals surface area (Å²) in [6.07, 6.45) is 2.95. The van der Waals surface area contributed by atoms with Crippen molar-refractivity contribution < 1.29 is 9.53 Å². The van der Waals surface area contributed by atoms with E-state index < -0.39 is 0 Å². The molecule has 0 aromatic heterocycles. The van der Waals surface area contributed by atoms with Gasteiger partial charge >= 0.3 is 0 Å². The highest BCUT2D eigenvalue weighted by Gasteiger charge is 2.19. The lowest BCUT2D eigenvalue weighted by Gasteiger charge is -2.19. The van der Waals surface area contributed by atoms with Crippen LogP contribution >= 0.6 is 12.2 Å². The maximum absolute atomic E-state index is 11.4. The first-order valence-corrected chi connectivity index (χ1v) is 8.11. The molecular weight excluding hydrogens is 298 g/mol. The second-order valence-corrected chi connectivity index (χ2v) is 6.26. The Hall–Kier alpha value is -1.66. The van der Waals surface area contributed by atoms with Gasteiger partial charge in [-0.3, -0.25) is 4.79 Å². The maximum Gasteiger partial charge on any atom is 0.228 e. The molecule has 2 heterocycles. The summed E-state index contributed by atoms with van der Waals surface area (Å²) in [4.78, 5) is 11.4. The summed E-state index contributed by atoms with van der Waals surface area (Å²) < 4.78 is 5.56. The number of rotatable bonds is 4. The van der Waals surface area contributed by atoms with Gasteiger partial charge in [0.2, 0.25) is 5.91 Å². The van der Waals surface area contributed by atoms with Crippen molar-refractivity contribution in [3.05, 3.63) is 29.3 Å². The fourth-order valence-electron chi connectivity index (χ4n) is 2.86. The third kappa shape index (κ3) is 3.56. The van der Waals surface area contributed by atoms with Gasteiger partial charge in [0.25, 0.3) is 0 Å². The van der Waals surface area contributed by atoms with Crippen LogP contribution in [-0.4, -0.2) is 30.3 Å². The van der Waals surface area contributed by atoms with Gasteiger partial charge in [-0.15, -0.1) is 0 Å². The Balaban J connectivity index is 1.53. The topological polar surface area (TPSA) is 62.4 Å². The Labute approximate surface area is 135 Å².